The SMILES string of the molecule is CC(C)(C)[S+]([O-])N[C@@H]1c2cccnc2OC12CCNCC2. The summed E-state index contributed by atoms with van der Waals surface area (Å²) in [6.07, 6.45) is 3.53. The number of nitrogens with zero attached hydrogens (tertiary/aromatic N) is 1. The molecule has 0 saturated carbocycles. The van der Waals surface area contributed by atoms with E-state index in [0.29, 0.717) is 5.88 Å². The van der Waals surface area contributed by atoms with Crippen LogP contribution in [0.4, 0.5) is 0 Å². The van der Waals surface area contributed by atoms with Crippen molar-refractivity contribution >= 4 is 11.4 Å². The molecule has 0 bridgehead atoms. The highest BCUT2D eigenvalue weighted by molar-refractivity contribution is 7.90. The minimum Gasteiger partial charge on any atom is -0.598 e. The van der Waals surface area contributed by atoms with E-state index < -0.39 is 11.4 Å². The average molecular weight is 309 g/mol. The Balaban J connectivity index is 1.92. The van der Waals surface area contributed by atoms with E-state index in [1.54, 1.807) is 6.20 Å². The predicted molar refractivity (Wildman–Crippen MR) is 83.5 cm³/mol. The fraction of sp³-hybridized carbons (Fsp3) is 0.667. The summed E-state index contributed by atoms with van der Waals surface area (Å²) < 4.78 is 21.8. The summed E-state index contributed by atoms with van der Waals surface area (Å²) >= 11 is -1.14. The molecule has 5 nitrogen and oxygen atoms in total. The minimum atomic E-state index is -1.14. The maximum Gasteiger partial charge on any atom is 0.219 e. The quantitative estimate of drug-likeness (QED) is 0.814. The Kier molecular flexibility index (Phi) is 3.90. The van der Waals surface area contributed by atoms with Gasteiger partial charge in [-0.3, -0.25) is 0 Å². The van der Waals surface area contributed by atoms with Gasteiger partial charge in [0.1, 0.15) is 16.4 Å². The second-order valence-electron chi connectivity index (χ2n) is 6.75. The van der Waals surface area contributed by atoms with Crippen LogP contribution in [-0.4, -0.2) is 33.0 Å². The largest absolute Gasteiger partial charge is 0.598 e. The van der Waals surface area contributed by atoms with Gasteiger partial charge >= 0.3 is 0 Å². The molecule has 0 amide bonds. The molecule has 0 aromatic carbocycles. The van der Waals surface area contributed by atoms with Crippen LogP contribution in [0.25, 0.3) is 0 Å². The van der Waals surface area contributed by atoms with Crippen molar-refractivity contribution in [2.45, 2.75) is 50.0 Å². The molecule has 1 unspecified atom stereocenters. The van der Waals surface area contributed by atoms with Crippen LogP contribution in [-0.2, 0) is 11.4 Å². The van der Waals surface area contributed by atoms with E-state index >= 15 is 0 Å². The first-order valence-corrected chi connectivity index (χ1v) is 8.60. The third-order valence-electron chi connectivity index (χ3n) is 4.17. The Morgan fingerprint density at radius 2 is 2.14 bits per heavy atom. The van der Waals surface area contributed by atoms with Crippen molar-refractivity contribution in [1.29, 1.82) is 0 Å². The third kappa shape index (κ3) is 2.77. The maximum absolute atomic E-state index is 12.6. The highest BCUT2D eigenvalue weighted by atomic mass is 32.2. The highest BCUT2D eigenvalue weighted by Crippen LogP contribution is 2.47. The van der Waals surface area contributed by atoms with Crippen LogP contribution in [0.5, 0.6) is 5.88 Å². The monoisotopic (exact) mass is 309 g/mol. The second kappa shape index (κ2) is 5.43. The first kappa shape index (κ1) is 15.1. The molecule has 1 aromatic heterocycles. The van der Waals surface area contributed by atoms with Crippen LogP contribution in [0.1, 0.15) is 45.2 Å². The summed E-state index contributed by atoms with van der Waals surface area (Å²) in [6, 6.07) is 3.87. The number of hydrogen-bond donors (Lipinski definition) is 2. The molecule has 1 saturated heterocycles. The van der Waals surface area contributed by atoms with E-state index in [0.717, 1.165) is 31.5 Å². The zero-order valence-electron chi connectivity index (χ0n) is 12.8. The molecule has 1 spiro atoms. The molecular weight excluding hydrogens is 286 g/mol. The molecule has 0 aliphatic carbocycles. The lowest BCUT2D eigenvalue weighted by atomic mass is 9.84. The minimum absolute atomic E-state index is 0.0663. The van der Waals surface area contributed by atoms with Gasteiger partial charge in [-0.05, 0) is 39.9 Å². The number of rotatable bonds is 2. The Hall–Kier alpha value is -0.820. The molecule has 6 heteroatoms. The fourth-order valence-electron chi connectivity index (χ4n) is 2.94. The lowest BCUT2D eigenvalue weighted by molar-refractivity contribution is 0.0288. The molecule has 116 valence electrons. The molecule has 1 aromatic rings. The fourth-order valence-corrected chi connectivity index (χ4v) is 3.85. The van der Waals surface area contributed by atoms with Crippen molar-refractivity contribution in [3.8, 4) is 5.88 Å². The standard InChI is InChI=1S/C15H23N3O2S/c1-14(2,3)21(19)18-12-11-5-4-8-17-13(11)20-15(12)6-9-16-10-7-15/h4-5,8,12,16,18H,6-7,9-10H2,1-3H3/t12-,21?/m1/s1. The summed E-state index contributed by atoms with van der Waals surface area (Å²) in [5, 5.41) is 3.36. The summed E-state index contributed by atoms with van der Waals surface area (Å²) in [6.45, 7) is 7.75. The van der Waals surface area contributed by atoms with E-state index in [1.807, 2.05) is 32.9 Å². The number of hydrogen-bond acceptors (Lipinski definition) is 5. The van der Waals surface area contributed by atoms with Gasteiger partial charge in [0.2, 0.25) is 5.88 Å². The van der Waals surface area contributed by atoms with Gasteiger partial charge in [0.05, 0.1) is 0 Å². The van der Waals surface area contributed by atoms with Crippen molar-refractivity contribution in [1.82, 2.24) is 15.0 Å². The van der Waals surface area contributed by atoms with E-state index in [4.69, 9.17) is 4.74 Å². The maximum atomic E-state index is 12.6. The molecule has 2 atom stereocenters. The van der Waals surface area contributed by atoms with Gasteiger partial charge in [0.25, 0.3) is 0 Å². The summed E-state index contributed by atoms with van der Waals surface area (Å²) in [4.78, 5) is 4.35. The Morgan fingerprint density at radius 3 is 2.81 bits per heavy atom. The van der Waals surface area contributed by atoms with Crippen molar-refractivity contribution < 1.29 is 9.29 Å². The Labute approximate surface area is 129 Å². The molecule has 2 aliphatic rings. The van der Waals surface area contributed by atoms with Crippen molar-refractivity contribution in [3.63, 3.8) is 0 Å². The predicted octanol–water partition coefficient (Wildman–Crippen LogP) is 1.69. The average Bonchev–Trinajstić information content (AvgIpc) is 2.72. The molecule has 1 fully saturated rings. The normalized spacial score (nSPS) is 25.4. The van der Waals surface area contributed by atoms with Crippen LogP contribution in [0, 0.1) is 0 Å². The van der Waals surface area contributed by atoms with Crippen LogP contribution in [0.15, 0.2) is 18.3 Å². The summed E-state index contributed by atoms with van der Waals surface area (Å²) in [7, 11) is 0. The molecule has 2 aliphatic heterocycles. The van der Waals surface area contributed by atoms with Crippen molar-refractivity contribution in [3.05, 3.63) is 23.9 Å². The van der Waals surface area contributed by atoms with Gasteiger partial charge in [-0.15, -0.1) is 4.72 Å². The van der Waals surface area contributed by atoms with Crippen LogP contribution >= 0.6 is 0 Å². The van der Waals surface area contributed by atoms with Gasteiger partial charge in [-0.1, -0.05) is 6.07 Å². The highest BCUT2D eigenvalue weighted by Gasteiger charge is 2.52. The second-order valence-corrected chi connectivity index (χ2v) is 8.74. The molecule has 2 N–H and O–H groups in total. The molecule has 0 radical (unpaired) electrons. The van der Waals surface area contributed by atoms with Gasteiger partial charge in [-0.25, -0.2) is 4.98 Å². The number of nitrogens with one attached hydrogen (secondary N) is 2. The van der Waals surface area contributed by atoms with E-state index in [1.165, 1.54) is 0 Å². The first-order valence-electron chi connectivity index (χ1n) is 7.45. The summed E-state index contributed by atoms with van der Waals surface area (Å²) in [5.41, 5.74) is 0.694. The van der Waals surface area contributed by atoms with E-state index in [9.17, 15) is 4.55 Å². The van der Waals surface area contributed by atoms with Gasteiger partial charge in [-0.2, -0.15) is 0 Å². The Morgan fingerprint density at radius 1 is 1.43 bits per heavy atom. The van der Waals surface area contributed by atoms with Gasteiger partial charge < -0.3 is 14.6 Å². The number of aromatic nitrogens is 1. The molecule has 3 heterocycles. The first-order chi connectivity index (χ1) is 9.92. The van der Waals surface area contributed by atoms with Crippen molar-refractivity contribution in [2.24, 2.45) is 0 Å². The lowest BCUT2D eigenvalue weighted by Crippen LogP contribution is -2.54. The number of fused-ring (bicyclic) bond motifs is 1. The molecule has 3 rings (SSSR count). The zero-order chi connectivity index (χ0) is 15.1. The third-order valence-corrected chi connectivity index (χ3v) is 5.73. The number of piperidine rings is 1. The molecule has 21 heavy (non-hydrogen) atoms. The van der Waals surface area contributed by atoms with Crippen molar-refractivity contribution in [2.75, 3.05) is 13.1 Å². The topological polar surface area (TPSA) is 69.2 Å². The van der Waals surface area contributed by atoms with Gasteiger partial charge in [0, 0.05) is 36.0 Å². The Bertz CT molecular complexity index is 512. The van der Waals surface area contributed by atoms with Crippen LogP contribution in [0.3, 0.4) is 0 Å². The lowest BCUT2D eigenvalue weighted by Gasteiger charge is -2.39. The molecular formula is C15H23N3O2S. The van der Waals surface area contributed by atoms with E-state index in [2.05, 4.69) is 15.0 Å². The summed E-state index contributed by atoms with van der Waals surface area (Å²) in [5.74, 6) is 0.683. The number of ether oxygens (including phenoxy) is 1. The smallest absolute Gasteiger partial charge is 0.219 e. The van der Waals surface area contributed by atoms with Gasteiger partial charge in [0.15, 0.2) is 0 Å². The van der Waals surface area contributed by atoms with Crippen LogP contribution < -0.4 is 14.8 Å². The number of pyridine rings is 1. The van der Waals surface area contributed by atoms with E-state index in [-0.39, 0.29) is 16.4 Å². The zero-order valence-corrected chi connectivity index (χ0v) is 13.6. The van der Waals surface area contributed by atoms with Crippen LogP contribution in [0.2, 0.25) is 0 Å².